The molecule has 1 heteroatoms. The van der Waals surface area contributed by atoms with Gasteiger partial charge in [0.1, 0.15) is 11.9 Å². The Morgan fingerprint density at radius 2 is 2.31 bits per heavy atom. The molecule has 0 saturated carbocycles. The van der Waals surface area contributed by atoms with Crippen LogP contribution in [0.4, 0.5) is 0 Å². The molecule has 2 rings (SSSR count). The summed E-state index contributed by atoms with van der Waals surface area (Å²) in [5.74, 6) is 1.06. The van der Waals surface area contributed by atoms with Crippen LogP contribution in [0.1, 0.15) is 18.1 Å². The van der Waals surface area contributed by atoms with E-state index >= 15 is 0 Å². The van der Waals surface area contributed by atoms with Crippen LogP contribution in [0.25, 0.3) is 0 Å². The Morgan fingerprint density at radius 1 is 1.46 bits per heavy atom. The Labute approximate surface area is 79.0 Å². The SMILES string of the molecule is CC=CC1Cc2ccc(C)cc2O1. The van der Waals surface area contributed by atoms with Crippen LogP contribution in [-0.4, -0.2) is 6.10 Å². The lowest BCUT2D eigenvalue weighted by Gasteiger charge is -2.03. The second-order valence-corrected chi connectivity index (χ2v) is 3.50. The highest BCUT2D eigenvalue weighted by Crippen LogP contribution is 2.29. The van der Waals surface area contributed by atoms with Crippen molar-refractivity contribution in [3.8, 4) is 5.75 Å². The third-order valence-corrected chi connectivity index (χ3v) is 2.33. The minimum atomic E-state index is 0.252. The predicted molar refractivity (Wildman–Crippen MR) is 54.1 cm³/mol. The van der Waals surface area contributed by atoms with Crippen LogP contribution in [0, 0.1) is 6.92 Å². The lowest BCUT2D eigenvalue weighted by atomic mass is 10.1. The molecule has 0 radical (unpaired) electrons. The molecule has 1 aliphatic heterocycles. The summed E-state index contributed by atoms with van der Waals surface area (Å²) < 4.78 is 5.74. The summed E-state index contributed by atoms with van der Waals surface area (Å²) in [7, 11) is 0. The number of fused-ring (bicyclic) bond motifs is 1. The van der Waals surface area contributed by atoms with Gasteiger partial charge in [-0.15, -0.1) is 0 Å². The fourth-order valence-corrected chi connectivity index (χ4v) is 1.68. The highest BCUT2D eigenvalue weighted by atomic mass is 16.5. The van der Waals surface area contributed by atoms with E-state index in [0.717, 1.165) is 12.2 Å². The molecule has 0 spiro atoms. The van der Waals surface area contributed by atoms with E-state index in [9.17, 15) is 0 Å². The van der Waals surface area contributed by atoms with Crippen LogP contribution in [0.5, 0.6) is 5.75 Å². The second-order valence-electron chi connectivity index (χ2n) is 3.50. The quantitative estimate of drug-likeness (QED) is 0.595. The molecule has 1 aliphatic rings. The summed E-state index contributed by atoms with van der Waals surface area (Å²) in [5.41, 5.74) is 2.59. The van der Waals surface area contributed by atoms with Crippen LogP contribution in [0.3, 0.4) is 0 Å². The van der Waals surface area contributed by atoms with Gasteiger partial charge >= 0.3 is 0 Å². The van der Waals surface area contributed by atoms with Gasteiger partial charge in [-0.2, -0.15) is 0 Å². The fraction of sp³-hybridized carbons (Fsp3) is 0.333. The van der Waals surface area contributed by atoms with Crippen LogP contribution >= 0.6 is 0 Å². The van der Waals surface area contributed by atoms with E-state index in [1.54, 1.807) is 0 Å². The first kappa shape index (κ1) is 8.36. The maximum absolute atomic E-state index is 5.74. The zero-order chi connectivity index (χ0) is 9.26. The molecule has 0 aromatic heterocycles. The van der Waals surface area contributed by atoms with Crippen LogP contribution < -0.4 is 4.74 Å². The molecule has 1 heterocycles. The lowest BCUT2D eigenvalue weighted by molar-refractivity contribution is 0.283. The Balaban J connectivity index is 2.25. The molecule has 0 bridgehead atoms. The number of ether oxygens (including phenoxy) is 1. The van der Waals surface area contributed by atoms with Crippen LogP contribution in [0.2, 0.25) is 0 Å². The summed E-state index contributed by atoms with van der Waals surface area (Å²) in [6.07, 6.45) is 5.42. The monoisotopic (exact) mass is 174 g/mol. The zero-order valence-corrected chi connectivity index (χ0v) is 8.08. The first-order chi connectivity index (χ1) is 6.29. The molecule has 1 aromatic carbocycles. The van der Waals surface area contributed by atoms with Crippen molar-refractivity contribution >= 4 is 0 Å². The standard InChI is InChI=1S/C12H14O/c1-3-4-11-8-10-6-5-9(2)7-12(10)13-11/h3-7,11H,8H2,1-2H3. The molecule has 0 amide bonds. The normalized spacial score (nSPS) is 20.3. The van der Waals surface area contributed by atoms with E-state index in [1.807, 2.05) is 13.0 Å². The Morgan fingerprint density at radius 3 is 3.08 bits per heavy atom. The van der Waals surface area contributed by atoms with Gasteiger partial charge in [-0.3, -0.25) is 0 Å². The smallest absolute Gasteiger partial charge is 0.123 e. The van der Waals surface area contributed by atoms with E-state index in [-0.39, 0.29) is 6.10 Å². The molecule has 0 fully saturated rings. The summed E-state index contributed by atoms with van der Waals surface area (Å²) in [6, 6.07) is 6.41. The molecule has 68 valence electrons. The number of benzene rings is 1. The van der Waals surface area contributed by atoms with E-state index in [0.29, 0.717) is 0 Å². The molecular formula is C12H14O. The van der Waals surface area contributed by atoms with Gasteiger partial charge in [0.2, 0.25) is 0 Å². The van der Waals surface area contributed by atoms with Crippen molar-refractivity contribution in [2.45, 2.75) is 26.4 Å². The van der Waals surface area contributed by atoms with Gasteiger partial charge in [-0.05, 0) is 37.1 Å². The number of hydrogen-bond donors (Lipinski definition) is 0. The number of allylic oxidation sites excluding steroid dienone is 1. The van der Waals surface area contributed by atoms with Crippen LogP contribution in [0.15, 0.2) is 30.4 Å². The molecule has 1 atom stereocenters. The topological polar surface area (TPSA) is 9.23 Å². The molecule has 0 aliphatic carbocycles. The van der Waals surface area contributed by atoms with Crippen molar-refractivity contribution in [2.75, 3.05) is 0 Å². The summed E-state index contributed by atoms with van der Waals surface area (Å²) in [4.78, 5) is 0. The minimum Gasteiger partial charge on any atom is -0.486 e. The highest BCUT2D eigenvalue weighted by molar-refractivity contribution is 5.41. The van der Waals surface area contributed by atoms with Gasteiger partial charge in [-0.1, -0.05) is 18.2 Å². The van der Waals surface area contributed by atoms with E-state index in [2.05, 4.69) is 31.2 Å². The van der Waals surface area contributed by atoms with Crippen molar-refractivity contribution in [2.24, 2.45) is 0 Å². The minimum absolute atomic E-state index is 0.252. The molecule has 0 N–H and O–H groups in total. The number of rotatable bonds is 1. The molecular weight excluding hydrogens is 160 g/mol. The third kappa shape index (κ3) is 1.59. The average molecular weight is 174 g/mol. The maximum Gasteiger partial charge on any atom is 0.123 e. The van der Waals surface area contributed by atoms with Gasteiger partial charge in [0, 0.05) is 6.42 Å². The average Bonchev–Trinajstić information content (AvgIpc) is 2.46. The molecule has 0 saturated heterocycles. The summed E-state index contributed by atoms with van der Waals surface area (Å²) in [5, 5.41) is 0. The van der Waals surface area contributed by atoms with Gasteiger partial charge in [0.25, 0.3) is 0 Å². The first-order valence-electron chi connectivity index (χ1n) is 4.68. The Hall–Kier alpha value is -1.24. The molecule has 1 unspecified atom stereocenters. The van der Waals surface area contributed by atoms with E-state index < -0.39 is 0 Å². The molecule has 1 nitrogen and oxygen atoms in total. The van der Waals surface area contributed by atoms with Crippen molar-refractivity contribution in [1.29, 1.82) is 0 Å². The largest absolute Gasteiger partial charge is 0.486 e. The van der Waals surface area contributed by atoms with E-state index in [4.69, 9.17) is 4.74 Å². The van der Waals surface area contributed by atoms with Crippen molar-refractivity contribution in [3.05, 3.63) is 41.5 Å². The maximum atomic E-state index is 5.74. The van der Waals surface area contributed by atoms with Gasteiger partial charge in [0.05, 0.1) is 0 Å². The van der Waals surface area contributed by atoms with Crippen LogP contribution in [-0.2, 0) is 6.42 Å². The molecule has 13 heavy (non-hydrogen) atoms. The molecule has 1 aromatic rings. The van der Waals surface area contributed by atoms with Gasteiger partial charge < -0.3 is 4.74 Å². The predicted octanol–water partition coefficient (Wildman–Crippen LogP) is 2.87. The lowest BCUT2D eigenvalue weighted by Crippen LogP contribution is -2.07. The van der Waals surface area contributed by atoms with Crippen molar-refractivity contribution in [1.82, 2.24) is 0 Å². The first-order valence-corrected chi connectivity index (χ1v) is 4.68. The van der Waals surface area contributed by atoms with Crippen molar-refractivity contribution in [3.63, 3.8) is 0 Å². The van der Waals surface area contributed by atoms with E-state index in [1.165, 1.54) is 11.1 Å². The number of hydrogen-bond acceptors (Lipinski definition) is 1. The highest BCUT2D eigenvalue weighted by Gasteiger charge is 2.19. The second kappa shape index (κ2) is 3.25. The summed E-state index contributed by atoms with van der Waals surface area (Å²) in [6.45, 7) is 4.12. The summed E-state index contributed by atoms with van der Waals surface area (Å²) >= 11 is 0. The fourth-order valence-electron chi connectivity index (χ4n) is 1.68. The van der Waals surface area contributed by atoms with Gasteiger partial charge in [-0.25, -0.2) is 0 Å². The van der Waals surface area contributed by atoms with Crippen molar-refractivity contribution < 1.29 is 4.74 Å². The number of aryl methyl sites for hydroxylation is 1. The Kier molecular flexibility index (Phi) is 2.09. The Bertz CT molecular complexity index is 339. The van der Waals surface area contributed by atoms with Gasteiger partial charge in [0.15, 0.2) is 0 Å². The third-order valence-electron chi connectivity index (χ3n) is 2.33. The zero-order valence-electron chi connectivity index (χ0n) is 8.08.